The summed E-state index contributed by atoms with van der Waals surface area (Å²) in [5.41, 5.74) is 0.459. The standard InChI is InChI=1S/C13H22N4O3/c1-13(2,3)17(9-11(18)19)12(20)14-7-5-10-6-8-15-16(10)4/h6,8H,5,7,9H2,1-4H3,(H,14,20)(H,18,19). The minimum absolute atomic E-state index is 0.318. The van der Waals surface area contributed by atoms with Crippen LogP contribution in [0.2, 0.25) is 0 Å². The monoisotopic (exact) mass is 282 g/mol. The Labute approximate surface area is 118 Å². The molecule has 0 aliphatic rings. The highest BCUT2D eigenvalue weighted by Gasteiger charge is 2.28. The summed E-state index contributed by atoms with van der Waals surface area (Å²) in [6.45, 7) is 5.52. The summed E-state index contributed by atoms with van der Waals surface area (Å²) in [6.07, 6.45) is 2.34. The van der Waals surface area contributed by atoms with Crippen LogP contribution in [0.4, 0.5) is 4.79 Å². The fourth-order valence-corrected chi connectivity index (χ4v) is 1.79. The van der Waals surface area contributed by atoms with Gasteiger partial charge in [0.05, 0.1) is 0 Å². The first kappa shape index (κ1) is 16.0. The first-order chi connectivity index (χ1) is 9.21. The minimum Gasteiger partial charge on any atom is -0.480 e. The molecule has 1 aromatic heterocycles. The summed E-state index contributed by atoms with van der Waals surface area (Å²) >= 11 is 0. The number of aliphatic carboxylic acids is 1. The third-order valence-corrected chi connectivity index (χ3v) is 2.93. The number of aromatic nitrogens is 2. The van der Waals surface area contributed by atoms with Gasteiger partial charge in [0.2, 0.25) is 0 Å². The molecule has 0 bridgehead atoms. The highest BCUT2D eigenvalue weighted by molar-refractivity contribution is 5.80. The molecule has 2 N–H and O–H groups in total. The number of aryl methyl sites for hydroxylation is 1. The number of hydrogen-bond acceptors (Lipinski definition) is 3. The summed E-state index contributed by atoms with van der Waals surface area (Å²) in [4.78, 5) is 24.2. The molecule has 0 saturated carbocycles. The molecule has 112 valence electrons. The number of carboxylic acid groups (broad SMARTS) is 1. The molecule has 1 heterocycles. The third-order valence-electron chi connectivity index (χ3n) is 2.93. The van der Waals surface area contributed by atoms with Crippen molar-refractivity contribution in [2.24, 2.45) is 7.05 Å². The minimum atomic E-state index is -1.03. The van der Waals surface area contributed by atoms with Crippen LogP contribution in [0.25, 0.3) is 0 Å². The van der Waals surface area contributed by atoms with Gasteiger partial charge < -0.3 is 15.3 Å². The third kappa shape index (κ3) is 4.56. The van der Waals surface area contributed by atoms with Crippen LogP contribution < -0.4 is 5.32 Å². The van der Waals surface area contributed by atoms with Crippen molar-refractivity contribution in [3.05, 3.63) is 18.0 Å². The van der Waals surface area contributed by atoms with Gasteiger partial charge in [-0.2, -0.15) is 5.10 Å². The number of carbonyl (C=O) groups is 2. The second-order valence-corrected chi connectivity index (χ2v) is 5.58. The van der Waals surface area contributed by atoms with E-state index in [1.165, 1.54) is 4.90 Å². The fourth-order valence-electron chi connectivity index (χ4n) is 1.79. The average Bonchev–Trinajstić information content (AvgIpc) is 2.70. The Morgan fingerprint density at radius 2 is 2.10 bits per heavy atom. The molecule has 20 heavy (non-hydrogen) atoms. The van der Waals surface area contributed by atoms with Crippen molar-refractivity contribution in [2.75, 3.05) is 13.1 Å². The van der Waals surface area contributed by atoms with E-state index in [1.54, 1.807) is 31.6 Å². The van der Waals surface area contributed by atoms with Gasteiger partial charge in [0.1, 0.15) is 6.54 Å². The van der Waals surface area contributed by atoms with Crippen molar-refractivity contribution in [3.63, 3.8) is 0 Å². The predicted octanol–water partition coefficient (Wildman–Crippen LogP) is 0.857. The Kier molecular flexibility index (Phi) is 5.12. The molecule has 2 amide bonds. The van der Waals surface area contributed by atoms with Gasteiger partial charge in [0.15, 0.2) is 0 Å². The maximum Gasteiger partial charge on any atom is 0.323 e. The maximum absolute atomic E-state index is 12.1. The van der Waals surface area contributed by atoms with Gasteiger partial charge in [-0.05, 0) is 26.8 Å². The van der Waals surface area contributed by atoms with Crippen molar-refractivity contribution in [3.8, 4) is 0 Å². The smallest absolute Gasteiger partial charge is 0.323 e. The van der Waals surface area contributed by atoms with Crippen molar-refractivity contribution in [2.45, 2.75) is 32.7 Å². The van der Waals surface area contributed by atoms with E-state index in [0.717, 1.165) is 5.69 Å². The lowest BCUT2D eigenvalue weighted by Crippen LogP contribution is -2.52. The molecular formula is C13H22N4O3. The molecule has 1 rings (SSSR count). The summed E-state index contributed by atoms with van der Waals surface area (Å²) in [6, 6.07) is 1.51. The van der Waals surface area contributed by atoms with Crippen LogP contribution in [0.3, 0.4) is 0 Å². The van der Waals surface area contributed by atoms with Gasteiger partial charge in [0, 0.05) is 37.4 Å². The van der Waals surface area contributed by atoms with Crippen molar-refractivity contribution >= 4 is 12.0 Å². The van der Waals surface area contributed by atoms with E-state index in [9.17, 15) is 9.59 Å². The summed E-state index contributed by atoms with van der Waals surface area (Å²) in [5, 5.41) is 15.7. The molecule has 0 aliphatic carbocycles. The summed E-state index contributed by atoms with van der Waals surface area (Å²) < 4.78 is 1.74. The zero-order valence-corrected chi connectivity index (χ0v) is 12.4. The molecule has 0 fully saturated rings. The topological polar surface area (TPSA) is 87.5 Å². The SMILES string of the molecule is Cn1nccc1CCNC(=O)N(CC(=O)O)C(C)(C)C. The van der Waals surface area contributed by atoms with E-state index in [4.69, 9.17) is 5.11 Å². The van der Waals surface area contributed by atoms with Crippen molar-refractivity contribution in [1.82, 2.24) is 20.0 Å². The summed E-state index contributed by atoms with van der Waals surface area (Å²) in [7, 11) is 1.84. The Hall–Kier alpha value is -2.05. The first-order valence-corrected chi connectivity index (χ1v) is 6.46. The number of amides is 2. The molecule has 1 aromatic rings. The zero-order chi connectivity index (χ0) is 15.3. The van der Waals surface area contributed by atoms with Crippen LogP contribution in [0, 0.1) is 0 Å². The predicted molar refractivity (Wildman–Crippen MR) is 74.4 cm³/mol. The van der Waals surface area contributed by atoms with E-state index in [0.29, 0.717) is 13.0 Å². The Balaban J connectivity index is 2.54. The lowest BCUT2D eigenvalue weighted by molar-refractivity contribution is -0.138. The van der Waals surface area contributed by atoms with Crippen LogP contribution in [0.5, 0.6) is 0 Å². The van der Waals surface area contributed by atoms with E-state index in [-0.39, 0.29) is 12.6 Å². The molecule has 0 radical (unpaired) electrons. The van der Waals surface area contributed by atoms with Gasteiger partial charge >= 0.3 is 12.0 Å². The number of carboxylic acids is 1. The van der Waals surface area contributed by atoms with Crippen LogP contribution >= 0.6 is 0 Å². The molecule has 0 saturated heterocycles. The first-order valence-electron chi connectivity index (χ1n) is 6.46. The molecule has 0 atom stereocenters. The molecular weight excluding hydrogens is 260 g/mol. The number of hydrogen-bond donors (Lipinski definition) is 2. The molecule has 7 heteroatoms. The highest BCUT2D eigenvalue weighted by Crippen LogP contribution is 2.12. The van der Waals surface area contributed by atoms with Gasteiger partial charge in [-0.25, -0.2) is 4.79 Å². The van der Waals surface area contributed by atoms with Gasteiger partial charge in [0.25, 0.3) is 0 Å². The highest BCUT2D eigenvalue weighted by atomic mass is 16.4. The second-order valence-electron chi connectivity index (χ2n) is 5.58. The van der Waals surface area contributed by atoms with Gasteiger partial charge in [-0.3, -0.25) is 9.48 Å². The molecule has 0 aromatic carbocycles. The lowest BCUT2D eigenvalue weighted by atomic mass is 10.1. The van der Waals surface area contributed by atoms with Crippen LogP contribution in [-0.4, -0.2) is 50.4 Å². The van der Waals surface area contributed by atoms with E-state index >= 15 is 0 Å². The van der Waals surface area contributed by atoms with E-state index < -0.39 is 11.5 Å². The second kappa shape index (κ2) is 6.40. The van der Waals surface area contributed by atoms with Crippen LogP contribution in [0.15, 0.2) is 12.3 Å². The number of nitrogens with one attached hydrogen (secondary N) is 1. The van der Waals surface area contributed by atoms with E-state index in [2.05, 4.69) is 10.4 Å². The average molecular weight is 282 g/mol. The molecule has 0 aliphatic heterocycles. The number of urea groups is 1. The van der Waals surface area contributed by atoms with Gasteiger partial charge in [-0.15, -0.1) is 0 Å². The lowest BCUT2D eigenvalue weighted by Gasteiger charge is -2.34. The van der Waals surface area contributed by atoms with Crippen molar-refractivity contribution in [1.29, 1.82) is 0 Å². The normalized spacial score (nSPS) is 11.2. The fraction of sp³-hybridized carbons (Fsp3) is 0.615. The maximum atomic E-state index is 12.1. The Bertz CT molecular complexity index is 476. The van der Waals surface area contributed by atoms with Crippen molar-refractivity contribution < 1.29 is 14.7 Å². The summed E-state index contributed by atoms with van der Waals surface area (Å²) in [5.74, 6) is -1.03. The molecule has 7 nitrogen and oxygen atoms in total. The van der Waals surface area contributed by atoms with E-state index in [1.807, 2.05) is 13.1 Å². The number of nitrogens with zero attached hydrogens (tertiary/aromatic N) is 3. The zero-order valence-electron chi connectivity index (χ0n) is 12.4. The molecule has 0 unspecified atom stereocenters. The Morgan fingerprint density at radius 3 is 2.55 bits per heavy atom. The number of rotatable bonds is 5. The quantitative estimate of drug-likeness (QED) is 0.838. The largest absolute Gasteiger partial charge is 0.480 e. The van der Waals surface area contributed by atoms with Crippen LogP contribution in [-0.2, 0) is 18.3 Å². The molecule has 0 spiro atoms. The van der Waals surface area contributed by atoms with Gasteiger partial charge in [-0.1, -0.05) is 0 Å². The Morgan fingerprint density at radius 1 is 1.45 bits per heavy atom. The number of carbonyl (C=O) groups excluding carboxylic acids is 1. The van der Waals surface area contributed by atoms with Crippen LogP contribution in [0.1, 0.15) is 26.5 Å².